The van der Waals surface area contributed by atoms with E-state index in [1.54, 1.807) is 24.3 Å². The molecule has 0 aliphatic heterocycles. The number of hydrogen-bond donors (Lipinski definition) is 2. The number of carbonyl (C=O) groups excluding carboxylic acids is 2. The number of aromatic nitrogens is 2. The van der Waals surface area contributed by atoms with Gasteiger partial charge in [-0.2, -0.15) is 0 Å². The van der Waals surface area contributed by atoms with Gasteiger partial charge in [0.15, 0.2) is 0 Å². The standard InChI is InChI=1S/C13H13N3O5/c17-10(14-7-11(18)19)5-6-16-12(20)8-3-1-2-4-9(8)15-13(16)21/h1-4H,5-7H2,(H,14,17)(H,15,21)(H,18,19)/p-1. The lowest BCUT2D eigenvalue weighted by Gasteiger charge is -2.07. The minimum absolute atomic E-state index is 0.141. The molecule has 0 spiro atoms. The average Bonchev–Trinajstić information content (AvgIpc) is 2.45. The van der Waals surface area contributed by atoms with Gasteiger partial charge in [0.05, 0.1) is 23.4 Å². The second kappa shape index (κ2) is 6.04. The van der Waals surface area contributed by atoms with Crippen LogP contribution in [0, 0.1) is 0 Å². The van der Waals surface area contributed by atoms with E-state index in [1.165, 1.54) is 0 Å². The summed E-state index contributed by atoms with van der Waals surface area (Å²) in [6, 6.07) is 6.53. The summed E-state index contributed by atoms with van der Waals surface area (Å²) in [4.78, 5) is 48.1. The molecule has 0 fully saturated rings. The van der Waals surface area contributed by atoms with Crippen molar-refractivity contribution in [1.82, 2.24) is 14.9 Å². The molecule has 8 heteroatoms. The monoisotopic (exact) mass is 290 g/mol. The largest absolute Gasteiger partial charge is 0.548 e. The third-order valence-corrected chi connectivity index (χ3v) is 2.88. The summed E-state index contributed by atoms with van der Waals surface area (Å²) in [6.07, 6.45) is -0.186. The number of carboxylic acids is 1. The van der Waals surface area contributed by atoms with Crippen LogP contribution < -0.4 is 21.7 Å². The summed E-state index contributed by atoms with van der Waals surface area (Å²) < 4.78 is 0.904. The number of aliphatic carboxylic acids is 1. The molecule has 2 aromatic rings. The van der Waals surface area contributed by atoms with E-state index in [4.69, 9.17) is 0 Å². The Labute approximate surface area is 118 Å². The summed E-state index contributed by atoms with van der Waals surface area (Å²) in [5.41, 5.74) is -0.696. The molecule has 0 atom stereocenters. The van der Waals surface area contributed by atoms with Gasteiger partial charge in [-0.25, -0.2) is 4.79 Å². The Balaban J connectivity index is 2.19. The number of hydrogen-bond acceptors (Lipinski definition) is 5. The highest BCUT2D eigenvalue weighted by atomic mass is 16.4. The molecule has 0 saturated heterocycles. The molecule has 0 bridgehead atoms. The zero-order chi connectivity index (χ0) is 15.4. The molecule has 0 radical (unpaired) electrons. The number of carboxylic acid groups (broad SMARTS) is 1. The second-order valence-corrected chi connectivity index (χ2v) is 4.33. The van der Waals surface area contributed by atoms with Crippen LogP contribution in [0.2, 0.25) is 0 Å². The van der Waals surface area contributed by atoms with Gasteiger partial charge in [0.1, 0.15) is 0 Å². The molecule has 21 heavy (non-hydrogen) atoms. The van der Waals surface area contributed by atoms with Gasteiger partial charge in [-0.15, -0.1) is 0 Å². The third-order valence-electron chi connectivity index (χ3n) is 2.88. The molecule has 110 valence electrons. The van der Waals surface area contributed by atoms with Gasteiger partial charge >= 0.3 is 5.69 Å². The minimum Gasteiger partial charge on any atom is -0.548 e. The van der Waals surface area contributed by atoms with Gasteiger partial charge in [-0.3, -0.25) is 14.2 Å². The fourth-order valence-electron chi connectivity index (χ4n) is 1.87. The van der Waals surface area contributed by atoms with Gasteiger partial charge in [0.25, 0.3) is 5.56 Å². The van der Waals surface area contributed by atoms with Crippen molar-refractivity contribution in [2.75, 3.05) is 6.54 Å². The van der Waals surface area contributed by atoms with Crippen LogP contribution in [0.3, 0.4) is 0 Å². The van der Waals surface area contributed by atoms with E-state index in [9.17, 15) is 24.3 Å². The lowest BCUT2D eigenvalue weighted by molar-refractivity contribution is -0.304. The van der Waals surface area contributed by atoms with Crippen LogP contribution in [0.15, 0.2) is 33.9 Å². The van der Waals surface area contributed by atoms with E-state index in [0.29, 0.717) is 10.9 Å². The van der Waals surface area contributed by atoms with Crippen molar-refractivity contribution in [2.24, 2.45) is 0 Å². The van der Waals surface area contributed by atoms with E-state index in [0.717, 1.165) is 4.57 Å². The molecule has 2 N–H and O–H groups in total. The van der Waals surface area contributed by atoms with Crippen molar-refractivity contribution in [3.63, 3.8) is 0 Å². The zero-order valence-electron chi connectivity index (χ0n) is 10.9. The van der Waals surface area contributed by atoms with E-state index < -0.39 is 29.7 Å². The Bertz CT molecular complexity index is 805. The topological polar surface area (TPSA) is 124 Å². The van der Waals surface area contributed by atoms with Crippen molar-refractivity contribution >= 4 is 22.8 Å². The molecule has 1 amide bonds. The molecule has 0 aliphatic carbocycles. The Morgan fingerprint density at radius 2 is 1.95 bits per heavy atom. The third kappa shape index (κ3) is 3.35. The highest BCUT2D eigenvalue weighted by Gasteiger charge is 2.09. The number of carbonyl (C=O) groups is 2. The predicted octanol–water partition coefficient (Wildman–Crippen LogP) is -2.05. The maximum atomic E-state index is 12.1. The first-order valence-electron chi connectivity index (χ1n) is 6.17. The zero-order valence-corrected chi connectivity index (χ0v) is 10.9. The number of nitrogens with one attached hydrogen (secondary N) is 2. The normalized spacial score (nSPS) is 10.5. The molecule has 8 nitrogen and oxygen atoms in total. The van der Waals surface area contributed by atoms with Crippen molar-refractivity contribution in [1.29, 1.82) is 0 Å². The average molecular weight is 290 g/mol. The lowest BCUT2D eigenvalue weighted by atomic mass is 10.2. The first-order valence-corrected chi connectivity index (χ1v) is 6.17. The summed E-state index contributed by atoms with van der Waals surface area (Å²) >= 11 is 0. The van der Waals surface area contributed by atoms with Gasteiger partial charge < -0.3 is 20.2 Å². The minimum atomic E-state index is -1.41. The highest BCUT2D eigenvalue weighted by Crippen LogP contribution is 2.02. The molecule has 0 saturated carbocycles. The number of aromatic amines is 1. The van der Waals surface area contributed by atoms with Gasteiger partial charge in [0.2, 0.25) is 5.91 Å². The maximum absolute atomic E-state index is 12.1. The summed E-state index contributed by atoms with van der Waals surface area (Å²) in [5.74, 6) is -2.00. The Morgan fingerprint density at radius 1 is 1.24 bits per heavy atom. The Hall–Kier alpha value is -2.90. The number of fused-ring (bicyclic) bond motifs is 1. The molecular weight excluding hydrogens is 278 g/mol. The Morgan fingerprint density at radius 3 is 2.67 bits per heavy atom. The van der Waals surface area contributed by atoms with E-state index in [1.807, 2.05) is 0 Å². The first-order chi connectivity index (χ1) is 9.99. The lowest BCUT2D eigenvalue weighted by Crippen LogP contribution is -2.40. The molecular formula is C13H12N3O5-. The first kappa shape index (κ1) is 14.5. The number of benzene rings is 1. The fourth-order valence-corrected chi connectivity index (χ4v) is 1.87. The smallest absolute Gasteiger partial charge is 0.328 e. The molecule has 0 unspecified atom stereocenters. The van der Waals surface area contributed by atoms with Crippen molar-refractivity contribution in [3.05, 3.63) is 45.1 Å². The summed E-state index contributed by atoms with van der Waals surface area (Å²) in [5, 5.41) is 12.6. The fraction of sp³-hybridized carbons (Fsp3) is 0.231. The molecule has 1 aromatic heterocycles. The highest BCUT2D eigenvalue weighted by molar-refractivity contribution is 5.80. The van der Waals surface area contributed by atoms with E-state index in [2.05, 4.69) is 10.3 Å². The Kier molecular flexibility index (Phi) is 4.17. The molecule has 1 aromatic carbocycles. The van der Waals surface area contributed by atoms with Crippen LogP contribution in [0.25, 0.3) is 10.9 Å². The number of para-hydroxylation sites is 1. The second-order valence-electron chi connectivity index (χ2n) is 4.33. The van der Waals surface area contributed by atoms with Crippen LogP contribution in [-0.2, 0) is 16.1 Å². The maximum Gasteiger partial charge on any atom is 0.328 e. The molecule has 0 aliphatic rings. The van der Waals surface area contributed by atoms with Crippen LogP contribution in [0.4, 0.5) is 0 Å². The predicted molar refractivity (Wildman–Crippen MR) is 71.5 cm³/mol. The van der Waals surface area contributed by atoms with E-state index in [-0.39, 0.29) is 13.0 Å². The van der Waals surface area contributed by atoms with Gasteiger partial charge in [0, 0.05) is 13.0 Å². The van der Waals surface area contributed by atoms with Crippen LogP contribution in [0.1, 0.15) is 6.42 Å². The SMILES string of the molecule is O=C([O-])CNC(=O)CCn1c(=O)[nH]c2ccccc2c1=O. The summed E-state index contributed by atoms with van der Waals surface area (Å²) in [6.45, 7) is -0.750. The van der Waals surface area contributed by atoms with Crippen molar-refractivity contribution in [3.8, 4) is 0 Å². The number of rotatable bonds is 5. The van der Waals surface area contributed by atoms with Crippen LogP contribution in [-0.4, -0.2) is 28.0 Å². The number of amides is 1. The summed E-state index contributed by atoms with van der Waals surface area (Å²) in [7, 11) is 0. The molecule has 1 heterocycles. The van der Waals surface area contributed by atoms with Gasteiger partial charge in [-0.05, 0) is 12.1 Å². The number of H-pyrrole nitrogens is 1. The quantitative estimate of drug-likeness (QED) is 0.655. The van der Waals surface area contributed by atoms with Crippen molar-refractivity contribution in [2.45, 2.75) is 13.0 Å². The van der Waals surface area contributed by atoms with Crippen LogP contribution in [0.5, 0.6) is 0 Å². The van der Waals surface area contributed by atoms with E-state index >= 15 is 0 Å². The van der Waals surface area contributed by atoms with Crippen molar-refractivity contribution < 1.29 is 14.7 Å². The number of nitrogens with zero attached hydrogens (tertiary/aromatic N) is 1. The molecule has 2 rings (SSSR count). The van der Waals surface area contributed by atoms with Crippen LogP contribution >= 0.6 is 0 Å². The van der Waals surface area contributed by atoms with Gasteiger partial charge in [-0.1, -0.05) is 12.1 Å².